The van der Waals surface area contributed by atoms with Crippen molar-refractivity contribution in [1.29, 1.82) is 0 Å². The molecule has 0 fully saturated rings. The van der Waals surface area contributed by atoms with Crippen molar-refractivity contribution in [3.05, 3.63) is 138 Å². The average Bonchev–Trinajstić information content (AvgIpc) is 3.55. The number of thioether (sulfide) groups is 1. The number of nitrogens with zero attached hydrogens (tertiary/aromatic N) is 4. The molecule has 1 aromatic heterocycles. The van der Waals surface area contributed by atoms with Crippen LogP contribution < -0.4 is 5.01 Å². The lowest BCUT2D eigenvalue weighted by Crippen LogP contribution is -2.21. The third kappa shape index (κ3) is 5.40. The molecule has 4 aromatic carbocycles. The molecule has 0 spiro atoms. The number of amides is 1. The maximum Gasteiger partial charge on any atom is 0.280 e. The molecule has 0 radical (unpaired) electrons. The molecule has 0 saturated carbocycles. The van der Waals surface area contributed by atoms with Crippen LogP contribution in [0.2, 0.25) is 0 Å². The second-order valence-corrected chi connectivity index (χ2v) is 10.8. The van der Waals surface area contributed by atoms with Crippen LogP contribution in [0.4, 0.5) is 5.69 Å². The van der Waals surface area contributed by atoms with Crippen LogP contribution in [0.25, 0.3) is 23.0 Å². The van der Waals surface area contributed by atoms with E-state index in [0.717, 1.165) is 38.8 Å². The van der Waals surface area contributed by atoms with Gasteiger partial charge in [0.1, 0.15) is 0 Å². The summed E-state index contributed by atoms with van der Waals surface area (Å²) in [7, 11) is 0. The molecule has 0 saturated heterocycles. The van der Waals surface area contributed by atoms with Crippen LogP contribution in [0, 0.1) is 13.8 Å². The molecular weight excluding hydrogens is 512 g/mol. The van der Waals surface area contributed by atoms with E-state index in [0.29, 0.717) is 11.3 Å². The summed E-state index contributed by atoms with van der Waals surface area (Å²) in [5.41, 5.74) is 8.06. The number of carbonyl (C=O) groups is 1. The molecule has 0 aliphatic carbocycles. The fourth-order valence-electron chi connectivity index (χ4n) is 4.54. The second-order valence-electron chi connectivity index (χ2n) is 9.74. The Labute approximate surface area is 238 Å². The van der Waals surface area contributed by atoms with Crippen LogP contribution in [0.3, 0.4) is 0 Å². The highest BCUT2D eigenvalue weighted by Crippen LogP contribution is 2.31. The zero-order chi connectivity index (χ0) is 27.5. The highest BCUT2D eigenvalue weighted by molar-refractivity contribution is 8.00. The monoisotopic (exact) mass is 540 g/mol. The lowest BCUT2D eigenvalue weighted by Gasteiger charge is -2.11. The fourth-order valence-corrected chi connectivity index (χ4v) is 5.38. The van der Waals surface area contributed by atoms with E-state index in [2.05, 4.69) is 62.4 Å². The first-order chi connectivity index (χ1) is 19.5. The van der Waals surface area contributed by atoms with E-state index in [9.17, 15) is 4.79 Å². The molecule has 1 amide bonds. The molecule has 40 heavy (non-hydrogen) atoms. The van der Waals surface area contributed by atoms with Crippen LogP contribution >= 0.6 is 11.8 Å². The SMILES string of the molecule is Cc1ccc(SCC2=NN(c3ccccc3)C(=O)C2=Cc2cn(-c3ccccc3)nc2-c2ccc(C)cc2)cc1. The molecule has 0 N–H and O–H groups in total. The highest BCUT2D eigenvalue weighted by atomic mass is 32.2. The minimum atomic E-state index is -0.145. The standard InChI is InChI=1S/C34H28N4OS/c1-24-13-17-26(18-14-24)33-27(22-37(36-33)28-9-5-3-6-10-28)21-31-32(23-40-30-19-15-25(2)16-20-30)35-38(34(31)39)29-11-7-4-8-12-29/h3-22H,23H2,1-2H3. The minimum Gasteiger partial charge on any atom is -0.267 e. The molecule has 5 nitrogen and oxygen atoms in total. The summed E-state index contributed by atoms with van der Waals surface area (Å²) in [5, 5.41) is 11.3. The number of carbonyl (C=O) groups excluding carboxylic acids is 1. The summed E-state index contributed by atoms with van der Waals surface area (Å²) >= 11 is 1.67. The van der Waals surface area contributed by atoms with Gasteiger partial charge in [0, 0.05) is 28.0 Å². The Bertz CT molecular complexity index is 1700. The Hall–Kier alpha value is -4.68. The van der Waals surface area contributed by atoms with Gasteiger partial charge in [0.2, 0.25) is 0 Å². The normalized spacial score (nSPS) is 14.2. The van der Waals surface area contributed by atoms with Crippen LogP contribution in [0.1, 0.15) is 16.7 Å². The zero-order valence-electron chi connectivity index (χ0n) is 22.4. The Morgan fingerprint density at radius 1 is 0.750 bits per heavy atom. The number of aromatic nitrogens is 2. The van der Waals surface area contributed by atoms with E-state index in [1.165, 1.54) is 16.1 Å². The van der Waals surface area contributed by atoms with Gasteiger partial charge in [0.05, 0.1) is 28.4 Å². The number of hydrogen-bond donors (Lipinski definition) is 0. The van der Waals surface area contributed by atoms with Gasteiger partial charge in [-0.1, -0.05) is 83.9 Å². The van der Waals surface area contributed by atoms with Crippen molar-refractivity contribution in [3.8, 4) is 16.9 Å². The predicted octanol–water partition coefficient (Wildman–Crippen LogP) is 7.73. The molecule has 0 atom stereocenters. The Balaban J connectivity index is 1.43. The summed E-state index contributed by atoms with van der Waals surface area (Å²) < 4.78 is 1.87. The Morgan fingerprint density at radius 2 is 1.35 bits per heavy atom. The number of benzene rings is 4. The maximum absolute atomic E-state index is 13.9. The van der Waals surface area contributed by atoms with E-state index in [1.807, 2.05) is 77.6 Å². The highest BCUT2D eigenvalue weighted by Gasteiger charge is 2.31. The van der Waals surface area contributed by atoms with Crippen molar-refractivity contribution < 1.29 is 4.79 Å². The Kier molecular flexibility index (Phi) is 7.17. The molecule has 1 aliphatic heterocycles. The van der Waals surface area contributed by atoms with Gasteiger partial charge in [-0.15, -0.1) is 11.8 Å². The van der Waals surface area contributed by atoms with E-state index < -0.39 is 0 Å². The maximum atomic E-state index is 13.9. The lowest BCUT2D eigenvalue weighted by molar-refractivity contribution is -0.114. The smallest absolute Gasteiger partial charge is 0.267 e. The number of rotatable bonds is 7. The van der Waals surface area contributed by atoms with Gasteiger partial charge in [0.25, 0.3) is 5.91 Å². The van der Waals surface area contributed by atoms with Crippen molar-refractivity contribution in [2.24, 2.45) is 5.10 Å². The van der Waals surface area contributed by atoms with Crippen LogP contribution in [-0.2, 0) is 4.79 Å². The van der Waals surface area contributed by atoms with Crippen LogP contribution in [-0.4, -0.2) is 27.2 Å². The quantitative estimate of drug-likeness (QED) is 0.157. The largest absolute Gasteiger partial charge is 0.280 e. The average molecular weight is 541 g/mol. The van der Waals surface area contributed by atoms with E-state index in [1.54, 1.807) is 11.8 Å². The predicted molar refractivity (Wildman–Crippen MR) is 165 cm³/mol. The van der Waals surface area contributed by atoms with Gasteiger partial charge in [0.15, 0.2) is 0 Å². The summed E-state index contributed by atoms with van der Waals surface area (Å²) in [5.74, 6) is 0.421. The lowest BCUT2D eigenvalue weighted by atomic mass is 10.0. The Morgan fingerprint density at radius 3 is 2.00 bits per heavy atom. The van der Waals surface area contributed by atoms with Gasteiger partial charge in [-0.05, 0) is 56.3 Å². The number of para-hydroxylation sites is 2. The molecule has 0 bridgehead atoms. The molecular formula is C34H28N4OS. The third-order valence-electron chi connectivity index (χ3n) is 6.74. The molecule has 6 heteroatoms. The summed E-state index contributed by atoms with van der Waals surface area (Å²) in [6.07, 6.45) is 3.93. The molecule has 5 aromatic rings. The molecule has 196 valence electrons. The first-order valence-corrected chi connectivity index (χ1v) is 14.1. The minimum absolute atomic E-state index is 0.145. The third-order valence-corrected chi connectivity index (χ3v) is 7.76. The van der Waals surface area contributed by atoms with Gasteiger partial charge >= 0.3 is 0 Å². The second kappa shape index (κ2) is 11.2. The van der Waals surface area contributed by atoms with Crippen molar-refractivity contribution in [2.45, 2.75) is 18.7 Å². The van der Waals surface area contributed by atoms with E-state index in [4.69, 9.17) is 10.2 Å². The van der Waals surface area contributed by atoms with Gasteiger partial charge in [-0.25, -0.2) is 4.68 Å². The first kappa shape index (κ1) is 25.6. The topological polar surface area (TPSA) is 50.5 Å². The van der Waals surface area contributed by atoms with Gasteiger partial charge in [-0.2, -0.15) is 15.2 Å². The van der Waals surface area contributed by atoms with Crippen LogP contribution in [0.15, 0.2) is 131 Å². The summed E-state index contributed by atoms with van der Waals surface area (Å²) in [6, 6.07) is 36.3. The zero-order valence-corrected chi connectivity index (χ0v) is 23.2. The van der Waals surface area contributed by atoms with Crippen molar-refractivity contribution >= 4 is 35.1 Å². The summed E-state index contributed by atoms with van der Waals surface area (Å²) in [4.78, 5) is 15.0. The molecule has 6 rings (SSSR count). The number of aryl methyl sites for hydroxylation is 2. The van der Waals surface area contributed by atoms with Crippen molar-refractivity contribution in [2.75, 3.05) is 10.8 Å². The van der Waals surface area contributed by atoms with Gasteiger partial charge in [-0.3, -0.25) is 4.79 Å². The number of anilines is 1. The van der Waals surface area contributed by atoms with E-state index in [-0.39, 0.29) is 5.91 Å². The van der Waals surface area contributed by atoms with Crippen molar-refractivity contribution in [3.63, 3.8) is 0 Å². The number of hydrogen-bond acceptors (Lipinski definition) is 4. The summed E-state index contributed by atoms with van der Waals surface area (Å²) in [6.45, 7) is 4.15. The van der Waals surface area contributed by atoms with Crippen LogP contribution in [0.5, 0.6) is 0 Å². The van der Waals surface area contributed by atoms with Crippen molar-refractivity contribution in [1.82, 2.24) is 9.78 Å². The molecule has 0 unspecified atom stereocenters. The fraction of sp³-hybridized carbons (Fsp3) is 0.0882. The first-order valence-electron chi connectivity index (χ1n) is 13.2. The number of hydrazone groups is 1. The van der Waals surface area contributed by atoms with Gasteiger partial charge < -0.3 is 0 Å². The molecule has 1 aliphatic rings. The molecule has 2 heterocycles. The van der Waals surface area contributed by atoms with E-state index >= 15 is 0 Å².